The van der Waals surface area contributed by atoms with Crippen molar-refractivity contribution in [3.63, 3.8) is 0 Å². The standard InChI is InChI=1S/C35H40F3N3O5/c1-34(2,3)21-31(42)41(30-8-5-6-15-39-30)16-7-17-46-29-14-11-25-18-26(20-32(43)45-4)33(44)40(23-27(25)19-29)22-24-9-12-28(13-10-24)35(36,37)38/h5-6,8-15,19,26H,7,16-18,20-23H2,1-4H3. The van der Waals surface area contributed by atoms with Crippen LogP contribution in [0.2, 0.25) is 0 Å². The molecule has 0 saturated heterocycles. The van der Waals surface area contributed by atoms with Crippen LogP contribution in [0.3, 0.4) is 0 Å². The fourth-order valence-electron chi connectivity index (χ4n) is 5.37. The Morgan fingerprint density at radius 3 is 2.39 bits per heavy atom. The number of aromatic nitrogens is 1. The maximum Gasteiger partial charge on any atom is 0.416 e. The number of alkyl halides is 3. The first-order valence-electron chi connectivity index (χ1n) is 15.2. The van der Waals surface area contributed by atoms with E-state index in [1.54, 1.807) is 28.1 Å². The number of hydrogen-bond acceptors (Lipinski definition) is 6. The molecule has 2 aromatic carbocycles. The van der Waals surface area contributed by atoms with Crippen LogP contribution in [0.25, 0.3) is 0 Å². The largest absolute Gasteiger partial charge is 0.494 e. The third-order valence-corrected chi connectivity index (χ3v) is 7.66. The molecule has 0 saturated carbocycles. The van der Waals surface area contributed by atoms with E-state index in [2.05, 4.69) is 4.98 Å². The van der Waals surface area contributed by atoms with E-state index < -0.39 is 23.6 Å². The summed E-state index contributed by atoms with van der Waals surface area (Å²) in [6, 6.07) is 15.7. The molecule has 4 rings (SSSR count). The van der Waals surface area contributed by atoms with Crippen molar-refractivity contribution in [2.45, 2.75) is 65.7 Å². The van der Waals surface area contributed by atoms with Crippen molar-refractivity contribution in [2.24, 2.45) is 11.3 Å². The van der Waals surface area contributed by atoms with E-state index in [4.69, 9.17) is 9.47 Å². The quantitative estimate of drug-likeness (QED) is 0.174. The topological polar surface area (TPSA) is 89.0 Å². The summed E-state index contributed by atoms with van der Waals surface area (Å²) in [5.74, 6) is -0.331. The van der Waals surface area contributed by atoms with Crippen LogP contribution >= 0.6 is 0 Å². The predicted molar refractivity (Wildman–Crippen MR) is 167 cm³/mol. The lowest BCUT2D eigenvalue weighted by Gasteiger charge is -2.26. The van der Waals surface area contributed by atoms with E-state index in [0.29, 0.717) is 49.5 Å². The Bertz CT molecular complexity index is 1500. The number of rotatable bonds is 11. The first-order valence-corrected chi connectivity index (χ1v) is 15.2. The zero-order valence-electron chi connectivity index (χ0n) is 26.6. The number of methoxy groups -OCH3 is 1. The lowest BCUT2D eigenvalue weighted by Crippen LogP contribution is -2.35. The van der Waals surface area contributed by atoms with Crippen LogP contribution in [0.15, 0.2) is 66.9 Å². The van der Waals surface area contributed by atoms with E-state index in [9.17, 15) is 27.6 Å². The molecule has 3 aromatic rings. The smallest absolute Gasteiger partial charge is 0.416 e. The number of carbonyl (C=O) groups is 3. The number of pyridine rings is 1. The highest BCUT2D eigenvalue weighted by Gasteiger charge is 2.33. The van der Waals surface area contributed by atoms with Crippen LogP contribution in [0, 0.1) is 11.3 Å². The van der Waals surface area contributed by atoms with Gasteiger partial charge in [-0.05, 0) is 71.3 Å². The fraction of sp³-hybridized carbons (Fsp3) is 0.429. The highest BCUT2D eigenvalue weighted by molar-refractivity contribution is 5.92. The number of ether oxygens (including phenoxy) is 2. The Kier molecular flexibility index (Phi) is 11.1. The molecule has 46 heavy (non-hydrogen) atoms. The minimum atomic E-state index is -4.46. The molecule has 2 amide bonds. The second kappa shape index (κ2) is 14.8. The Morgan fingerprint density at radius 1 is 1.02 bits per heavy atom. The zero-order valence-corrected chi connectivity index (χ0v) is 26.6. The first kappa shape index (κ1) is 34.5. The Balaban J connectivity index is 1.47. The maximum absolute atomic E-state index is 13.6. The van der Waals surface area contributed by atoms with Gasteiger partial charge in [0.25, 0.3) is 0 Å². The molecule has 1 aliphatic heterocycles. The van der Waals surface area contributed by atoms with Crippen LogP contribution in [0.5, 0.6) is 5.75 Å². The Labute approximate surface area is 267 Å². The van der Waals surface area contributed by atoms with Crippen LogP contribution in [-0.4, -0.2) is 47.9 Å². The van der Waals surface area contributed by atoms with Crippen molar-refractivity contribution in [1.82, 2.24) is 9.88 Å². The molecule has 0 bridgehead atoms. The minimum Gasteiger partial charge on any atom is -0.494 e. The number of fused-ring (bicyclic) bond motifs is 1. The molecule has 1 aliphatic rings. The highest BCUT2D eigenvalue weighted by Crippen LogP contribution is 2.32. The summed E-state index contributed by atoms with van der Waals surface area (Å²) in [4.78, 5) is 46.4. The van der Waals surface area contributed by atoms with Crippen LogP contribution < -0.4 is 9.64 Å². The molecular weight excluding hydrogens is 599 g/mol. The van der Waals surface area contributed by atoms with Crippen molar-refractivity contribution in [3.05, 3.63) is 89.1 Å². The predicted octanol–water partition coefficient (Wildman–Crippen LogP) is 6.60. The van der Waals surface area contributed by atoms with Gasteiger partial charge < -0.3 is 14.4 Å². The maximum atomic E-state index is 13.6. The van der Waals surface area contributed by atoms with Gasteiger partial charge in [-0.15, -0.1) is 0 Å². The van der Waals surface area contributed by atoms with Gasteiger partial charge in [-0.1, -0.05) is 45.0 Å². The Morgan fingerprint density at radius 2 is 1.76 bits per heavy atom. The van der Waals surface area contributed by atoms with Crippen molar-refractivity contribution >= 4 is 23.6 Å². The van der Waals surface area contributed by atoms with Gasteiger partial charge in [0.15, 0.2) is 0 Å². The van der Waals surface area contributed by atoms with Crippen molar-refractivity contribution in [3.8, 4) is 5.75 Å². The van der Waals surface area contributed by atoms with Gasteiger partial charge in [0.1, 0.15) is 11.6 Å². The van der Waals surface area contributed by atoms with Crippen molar-refractivity contribution in [1.29, 1.82) is 0 Å². The lowest BCUT2D eigenvalue weighted by molar-refractivity contribution is -0.147. The van der Waals surface area contributed by atoms with E-state index >= 15 is 0 Å². The molecule has 246 valence electrons. The van der Waals surface area contributed by atoms with E-state index in [1.807, 2.05) is 45.0 Å². The lowest BCUT2D eigenvalue weighted by atomic mass is 9.91. The average molecular weight is 640 g/mol. The van der Waals surface area contributed by atoms with E-state index in [-0.39, 0.29) is 36.7 Å². The minimum absolute atomic E-state index is 0.0180. The molecule has 0 fully saturated rings. The third-order valence-electron chi connectivity index (χ3n) is 7.66. The van der Waals surface area contributed by atoms with Gasteiger partial charge >= 0.3 is 12.1 Å². The molecule has 1 atom stereocenters. The SMILES string of the molecule is COC(=O)CC1Cc2ccc(OCCCN(C(=O)CC(C)(C)C)c3ccccn3)cc2CN(Cc2ccc(C(F)(F)F)cc2)C1=O. The van der Waals surface area contributed by atoms with E-state index in [1.165, 1.54) is 19.2 Å². The van der Waals surface area contributed by atoms with Crippen LogP contribution in [0.1, 0.15) is 62.3 Å². The van der Waals surface area contributed by atoms with E-state index in [0.717, 1.165) is 23.3 Å². The van der Waals surface area contributed by atoms with Gasteiger partial charge in [0, 0.05) is 32.3 Å². The molecule has 2 heterocycles. The Hall–Kier alpha value is -4.41. The van der Waals surface area contributed by atoms with Gasteiger partial charge in [0.05, 0.1) is 31.6 Å². The average Bonchev–Trinajstić information content (AvgIpc) is 3.12. The number of halogens is 3. The molecule has 8 nitrogen and oxygen atoms in total. The summed E-state index contributed by atoms with van der Waals surface area (Å²) >= 11 is 0. The second-order valence-corrected chi connectivity index (χ2v) is 12.7. The van der Waals surface area contributed by atoms with Gasteiger partial charge in [-0.3, -0.25) is 19.3 Å². The first-order chi connectivity index (χ1) is 21.7. The van der Waals surface area contributed by atoms with Crippen LogP contribution in [-0.2, 0) is 44.8 Å². The number of amides is 2. The number of nitrogens with zero attached hydrogens (tertiary/aromatic N) is 3. The monoisotopic (exact) mass is 639 g/mol. The molecule has 0 radical (unpaired) electrons. The summed E-state index contributed by atoms with van der Waals surface area (Å²) in [6.07, 6.45) is -1.70. The number of anilines is 1. The zero-order chi connectivity index (χ0) is 33.5. The summed E-state index contributed by atoms with van der Waals surface area (Å²) in [7, 11) is 1.26. The number of esters is 1. The fourth-order valence-corrected chi connectivity index (χ4v) is 5.37. The molecule has 1 unspecified atom stereocenters. The highest BCUT2D eigenvalue weighted by atomic mass is 19.4. The molecular formula is C35H40F3N3O5. The summed E-state index contributed by atoms with van der Waals surface area (Å²) in [5.41, 5.74) is 1.28. The summed E-state index contributed by atoms with van der Waals surface area (Å²) < 4.78 is 50.2. The number of carbonyl (C=O) groups excluding carboxylic acids is 3. The third kappa shape index (κ3) is 9.55. The van der Waals surface area contributed by atoms with Crippen molar-refractivity contribution in [2.75, 3.05) is 25.2 Å². The van der Waals surface area contributed by atoms with Gasteiger partial charge in [-0.2, -0.15) is 13.2 Å². The van der Waals surface area contributed by atoms with Gasteiger partial charge in [0.2, 0.25) is 11.8 Å². The molecule has 0 spiro atoms. The van der Waals surface area contributed by atoms with Gasteiger partial charge in [-0.25, -0.2) is 4.98 Å². The molecule has 0 N–H and O–H groups in total. The van der Waals surface area contributed by atoms with Crippen molar-refractivity contribution < 1.29 is 37.0 Å². The number of benzene rings is 2. The number of hydrogen-bond donors (Lipinski definition) is 0. The normalized spacial score (nSPS) is 15.2. The summed E-state index contributed by atoms with van der Waals surface area (Å²) in [5, 5.41) is 0. The molecule has 11 heteroatoms. The van der Waals surface area contributed by atoms with Crippen LogP contribution in [0.4, 0.5) is 19.0 Å². The molecule has 0 aliphatic carbocycles. The second-order valence-electron chi connectivity index (χ2n) is 12.7. The summed E-state index contributed by atoms with van der Waals surface area (Å²) in [6.45, 7) is 7.05. The molecule has 1 aromatic heterocycles.